The lowest BCUT2D eigenvalue weighted by Gasteiger charge is -2.11. The second-order valence-corrected chi connectivity index (χ2v) is 5.93. The van der Waals surface area contributed by atoms with Gasteiger partial charge in [-0.1, -0.05) is 12.8 Å². The Bertz CT molecular complexity index is 612. The molecule has 6 heteroatoms. The van der Waals surface area contributed by atoms with E-state index in [2.05, 4.69) is 29.4 Å². The first kappa shape index (κ1) is 14.0. The van der Waals surface area contributed by atoms with Crippen molar-refractivity contribution in [3.63, 3.8) is 0 Å². The van der Waals surface area contributed by atoms with Crippen molar-refractivity contribution in [2.75, 3.05) is 5.43 Å². The van der Waals surface area contributed by atoms with Gasteiger partial charge < -0.3 is 5.43 Å². The summed E-state index contributed by atoms with van der Waals surface area (Å²) in [6, 6.07) is 2.29. The first-order chi connectivity index (χ1) is 10.2. The highest BCUT2D eigenvalue weighted by Gasteiger charge is 2.20. The standard InChI is InChI=1S/C15H22N6/c1-10(2)21-9-12(8-17-21)15-18-13(7-14(19-15)20-16)11-5-3-4-6-11/h7-11H,3-6,16H2,1-2H3,(H,18,19,20). The van der Waals surface area contributed by atoms with Crippen LogP contribution in [0.15, 0.2) is 18.5 Å². The van der Waals surface area contributed by atoms with E-state index in [1.807, 2.05) is 23.1 Å². The molecule has 0 aliphatic heterocycles. The molecule has 2 aromatic heterocycles. The molecule has 112 valence electrons. The SMILES string of the molecule is CC(C)n1cc(-c2nc(NN)cc(C3CCCC3)n2)cn1. The summed E-state index contributed by atoms with van der Waals surface area (Å²) in [5.41, 5.74) is 4.67. The van der Waals surface area contributed by atoms with E-state index in [0.717, 1.165) is 11.3 Å². The number of hydrogen-bond donors (Lipinski definition) is 2. The van der Waals surface area contributed by atoms with E-state index >= 15 is 0 Å². The molecule has 1 aliphatic carbocycles. The molecule has 0 aromatic carbocycles. The number of nitrogens with zero attached hydrogens (tertiary/aromatic N) is 4. The zero-order valence-electron chi connectivity index (χ0n) is 12.6. The van der Waals surface area contributed by atoms with Gasteiger partial charge in [0.15, 0.2) is 5.82 Å². The lowest BCUT2D eigenvalue weighted by molar-refractivity contribution is 0.532. The Hall–Kier alpha value is -1.95. The molecular weight excluding hydrogens is 264 g/mol. The van der Waals surface area contributed by atoms with Crippen LogP contribution < -0.4 is 11.3 Å². The van der Waals surface area contributed by atoms with E-state index < -0.39 is 0 Å². The quantitative estimate of drug-likeness (QED) is 0.667. The van der Waals surface area contributed by atoms with Gasteiger partial charge in [-0.2, -0.15) is 5.10 Å². The molecule has 0 bridgehead atoms. The van der Waals surface area contributed by atoms with Crippen LogP contribution in [0.2, 0.25) is 0 Å². The molecular formula is C15H22N6. The van der Waals surface area contributed by atoms with Crippen molar-refractivity contribution in [1.29, 1.82) is 0 Å². The molecule has 3 N–H and O–H groups in total. The highest BCUT2D eigenvalue weighted by atomic mass is 15.3. The summed E-state index contributed by atoms with van der Waals surface area (Å²) in [5.74, 6) is 7.44. The molecule has 6 nitrogen and oxygen atoms in total. The van der Waals surface area contributed by atoms with E-state index in [9.17, 15) is 0 Å². The third-order valence-electron chi connectivity index (χ3n) is 4.06. The van der Waals surface area contributed by atoms with Gasteiger partial charge in [0.05, 0.1) is 11.8 Å². The third-order valence-corrected chi connectivity index (χ3v) is 4.06. The van der Waals surface area contributed by atoms with Crippen LogP contribution in [0.25, 0.3) is 11.4 Å². The number of rotatable bonds is 4. The molecule has 1 fully saturated rings. The van der Waals surface area contributed by atoms with E-state index in [0.29, 0.717) is 23.6 Å². The molecule has 2 heterocycles. The molecule has 0 atom stereocenters. The zero-order chi connectivity index (χ0) is 14.8. The van der Waals surface area contributed by atoms with Crippen LogP contribution in [-0.4, -0.2) is 19.7 Å². The Morgan fingerprint density at radius 1 is 1.29 bits per heavy atom. The first-order valence-corrected chi connectivity index (χ1v) is 7.57. The third kappa shape index (κ3) is 2.90. The maximum Gasteiger partial charge on any atom is 0.165 e. The van der Waals surface area contributed by atoms with Crippen molar-refractivity contribution in [3.05, 3.63) is 24.2 Å². The Balaban J connectivity index is 1.98. The number of nitrogen functional groups attached to an aromatic ring is 1. The number of aromatic nitrogens is 4. The summed E-state index contributed by atoms with van der Waals surface area (Å²) < 4.78 is 1.91. The van der Waals surface area contributed by atoms with E-state index in [4.69, 9.17) is 10.8 Å². The van der Waals surface area contributed by atoms with Crippen LogP contribution in [0.5, 0.6) is 0 Å². The van der Waals surface area contributed by atoms with Gasteiger partial charge in [-0.25, -0.2) is 15.8 Å². The minimum atomic E-state index is 0.323. The molecule has 1 aliphatic rings. The van der Waals surface area contributed by atoms with Gasteiger partial charge in [0.1, 0.15) is 5.82 Å². The fourth-order valence-electron chi connectivity index (χ4n) is 2.84. The average molecular weight is 286 g/mol. The van der Waals surface area contributed by atoms with Gasteiger partial charge >= 0.3 is 0 Å². The predicted octanol–water partition coefficient (Wildman–Crippen LogP) is 2.86. The molecule has 0 unspecified atom stereocenters. The average Bonchev–Trinajstić information content (AvgIpc) is 3.18. The largest absolute Gasteiger partial charge is 0.308 e. The van der Waals surface area contributed by atoms with Crippen molar-refractivity contribution < 1.29 is 0 Å². The Morgan fingerprint density at radius 3 is 2.67 bits per heavy atom. The number of hydrogen-bond acceptors (Lipinski definition) is 5. The fourth-order valence-corrected chi connectivity index (χ4v) is 2.84. The van der Waals surface area contributed by atoms with Crippen LogP contribution in [0.1, 0.15) is 57.2 Å². The van der Waals surface area contributed by atoms with Gasteiger partial charge in [0, 0.05) is 29.9 Å². The Morgan fingerprint density at radius 2 is 2.05 bits per heavy atom. The van der Waals surface area contributed by atoms with Gasteiger partial charge in [-0.15, -0.1) is 0 Å². The fraction of sp³-hybridized carbons (Fsp3) is 0.533. The highest BCUT2D eigenvalue weighted by molar-refractivity contribution is 5.55. The van der Waals surface area contributed by atoms with Crippen LogP contribution in [0.4, 0.5) is 5.82 Å². The summed E-state index contributed by atoms with van der Waals surface area (Å²) in [7, 11) is 0. The summed E-state index contributed by atoms with van der Waals surface area (Å²) in [6.45, 7) is 4.19. The van der Waals surface area contributed by atoms with Crippen LogP contribution in [0, 0.1) is 0 Å². The summed E-state index contributed by atoms with van der Waals surface area (Å²) in [5, 5.41) is 4.36. The van der Waals surface area contributed by atoms with Crippen molar-refractivity contribution in [1.82, 2.24) is 19.7 Å². The van der Waals surface area contributed by atoms with Gasteiger partial charge in [-0.3, -0.25) is 4.68 Å². The van der Waals surface area contributed by atoms with Crippen molar-refractivity contribution in [3.8, 4) is 11.4 Å². The van der Waals surface area contributed by atoms with Gasteiger partial charge in [0.2, 0.25) is 0 Å². The lowest BCUT2D eigenvalue weighted by Crippen LogP contribution is -2.11. The molecule has 0 amide bonds. The minimum absolute atomic E-state index is 0.323. The second kappa shape index (κ2) is 5.81. The van der Waals surface area contributed by atoms with Crippen molar-refractivity contribution >= 4 is 5.82 Å². The second-order valence-electron chi connectivity index (χ2n) is 5.93. The Kier molecular flexibility index (Phi) is 3.88. The summed E-state index contributed by atoms with van der Waals surface area (Å²) >= 11 is 0. The predicted molar refractivity (Wildman–Crippen MR) is 82.7 cm³/mol. The van der Waals surface area contributed by atoms with Gasteiger partial charge in [-0.05, 0) is 26.7 Å². The number of nitrogens with one attached hydrogen (secondary N) is 1. The molecule has 1 saturated carbocycles. The monoisotopic (exact) mass is 286 g/mol. The van der Waals surface area contributed by atoms with E-state index in [-0.39, 0.29) is 0 Å². The smallest absolute Gasteiger partial charge is 0.165 e. The maximum atomic E-state index is 5.56. The molecule has 0 spiro atoms. The topological polar surface area (TPSA) is 81.7 Å². The normalized spacial score (nSPS) is 15.8. The summed E-state index contributed by atoms with van der Waals surface area (Å²) in [4.78, 5) is 9.21. The number of hydrazine groups is 1. The lowest BCUT2D eigenvalue weighted by atomic mass is 10.0. The summed E-state index contributed by atoms with van der Waals surface area (Å²) in [6.07, 6.45) is 8.76. The Labute approximate surface area is 124 Å². The van der Waals surface area contributed by atoms with E-state index in [1.54, 1.807) is 0 Å². The zero-order valence-corrected chi connectivity index (χ0v) is 12.6. The van der Waals surface area contributed by atoms with Crippen molar-refractivity contribution in [2.24, 2.45) is 5.84 Å². The number of nitrogens with two attached hydrogens (primary N) is 1. The van der Waals surface area contributed by atoms with Crippen LogP contribution >= 0.6 is 0 Å². The van der Waals surface area contributed by atoms with Crippen molar-refractivity contribution in [2.45, 2.75) is 51.5 Å². The molecule has 3 rings (SSSR count). The first-order valence-electron chi connectivity index (χ1n) is 7.57. The van der Waals surface area contributed by atoms with Crippen LogP contribution in [0.3, 0.4) is 0 Å². The van der Waals surface area contributed by atoms with Gasteiger partial charge in [0.25, 0.3) is 0 Å². The molecule has 0 radical (unpaired) electrons. The molecule has 21 heavy (non-hydrogen) atoms. The number of anilines is 1. The molecule has 0 saturated heterocycles. The minimum Gasteiger partial charge on any atom is -0.308 e. The maximum absolute atomic E-state index is 5.56. The van der Waals surface area contributed by atoms with Crippen LogP contribution in [-0.2, 0) is 0 Å². The highest BCUT2D eigenvalue weighted by Crippen LogP contribution is 2.34. The molecule has 2 aromatic rings. The van der Waals surface area contributed by atoms with E-state index in [1.165, 1.54) is 25.7 Å².